The minimum atomic E-state index is -0.0912. The smallest absolute Gasteiger partial charge is 0.178 e. The summed E-state index contributed by atoms with van der Waals surface area (Å²) < 4.78 is 0.539. The van der Waals surface area contributed by atoms with Gasteiger partial charge in [0.25, 0.3) is 0 Å². The quantitative estimate of drug-likeness (QED) is 0.254. The van der Waals surface area contributed by atoms with Gasteiger partial charge in [0.15, 0.2) is 5.78 Å². The molecule has 0 spiro atoms. The summed E-state index contributed by atoms with van der Waals surface area (Å²) >= 11 is 18.4. The maximum absolute atomic E-state index is 11.2. The zero-order chi connectivity index (χ0) is 17.7. The topological polar surface area (TPSA) is 71.2 Å². The average molecular weight is 401 g/mol. The number of carbonyl (C=O) groups is 1. The van der Waals surface area contributed by atoms with Crippen LogP contribution in [0.2, 0.25) is 10.0 Å². The Balaban J connectivity index is 1.88. The fraction of sp³-hybridized carbons (Fsp3) is 0.133. The van der Waals surface area contributed by atoms with Crippen LogP contribution < -0.4 is 16.2 Å². The van der Waals surface area contributed by atoms with Gasteiger partial charge < -0.3 is 5.32 Å². The number of halogens is 2. The SMILES string of the molecule is CC(=O)c1ccc(N(N)CSC(=S)Nc2ccc(Cl)c(Cl)c2)cn1. The zero-order valence-electron chi connectivity index (χ0n) is 12.6. The van der Waals surface area contributed by atoms with Gasteiger partial charge in [0.1, 0.15) is 10.0 Å². The second kappa shape index (κ2) is 8.64. The number of Topliss-reactive ketones (excluding diaryl/α,β-unsaturated/α-hetero) is 1. The van der Waals surface area contributed by atoms with E-state index in [0.717, 1.165) is 5.69 Å². The van der Waals surface area contributed by atoms with Gasteiger partial charge in [0, 0.05) is 12.6 Å². The summed E-state index contributed by atoms with van der Waals surface area (Å²) in [5.41, 5.74) is 1.83. The average Bonchev–Trinajstić information content (AvgIpc) is 2.56. The van der Waals surface area contributed by atoms with Crippen molar-refractivity contribution in [3.05, 3.63) is 52.3 Å². The second-order valence-electron chi connectivity index (χ2n) is 4.74. The molecule has 24 heavy (non-hydrogen) atoms. The highest BCUT2D eigenvalue weighted by Gasteiger charge is 2.07. The summed E-state index contributed by atoms with van der Waals surface area (Å²) in [6.07, 6.45) is 1.55. The highest BCUT2D eigenvalue weighted by molar-refractivity contribution is 8.23. The first-order chi connectivity index (χ1) is 11.4. The third kappa shape index (κ3) is 5.32. The molecule has 0 aliphatic carbocycles. The molecule has 9 heteroatoms. The highest BCUT2D eigenvalue weighted by atomic mass is 35.5. The molecule has 0 aliphatic heterocycles. The van der Waals surface area contributed by atoms with Crippen molar-refractivity contribution in [2.45, 2.75) is 6.92 Å². The van der Waals surface area contributed by atoms with E-state index in [1.807, 2.05) is 0 Å². The second-order valence-corrected chi connectivity index (χ2v) is 7.18. The van der Waals surface area contributed by atoms with Gasteiger partial charge in [0.2, 0.25) is 0 Å². The van der Waals surface area contributed by atoms with Gasteiger partial charge in [-0.15, -0.1) is 0 Å². The largest absolute Gasteiger partial charge is 0.341 e. The van der Waals surface area contributed by atoms with E-state index in [1.54, 1.807) is 36.5 Å². The number of rotatable bonds is 5. The van der Waals surface area contributed by atoms with Crippen LogP contribution in [0.25, 0.3) is 0 Å². The van der Waals surface area contributed by atoms with Crippen LogP contribution in [0.5, 0.6) is 0 Å². The number of nitrogens with two attached hydrogens (primary N) is 1. The molecule has 3 N–H and O–H groups in total. The number of pyridine rings is 1. The predicted molar refractivity (Wildman–Crippen MR) is 106 cm³/mol. The molecule has 0 bridgehead atoms. The first-order valence-electron chi connectivity index (χ1n) is 6.75. The predicted octanol–water partition coefficient (Wildman–Crippen LogP) is 4.36. The number of nitrogens with one attached hydrogen (secondary N) is 1. The summed E-state index contributed by atoms with van der Waals surface area (Å²) in [4.78, 5) is 15.3. The van der Waals surface area contributed by atoms with E-state index in [-0.39, 0.29) is 5.78 Å². The van der Waals surface area contributed by atoms with E-state index < -0.39 is 0 Å². The minimum absolute atomic E-state index is 0.0912. The molecule has 0 saturated carbocycles. The van der Waals surface area contributed by atoms with Gasteiger partial charge in [0.05, 0.1) is 27.8 Å². The Morgan fingerprint density at radius 2 is 2.08 bits per heavy atom. The molecule has 5 nitrogen and oxygen atoms in total. The first kappa shape index (κ1) is 19.0. The van der Waals surface area contributed by atoms with E-state index in [4.69, 9.17) is 41.3 Å². The lowest BCUT2D eigenvalue weighted by molar-refractivity contribution is 0.101. The summed E-state index contributed by atoms with van der Waals surface area (Å²) in [7, 11) is 0. The van der Waals surface area contributed by atoms with Crippen molar-refractivity contribution in [1.29, 1.82) is 0 Å². The van der Waals surface area contributed by atoms with Crippen LogP contribution in [0.1, 0.15) is 17.4 Å². The molecule has 1 aromatic heterocycles. The zero-order valence-corrected chi connectivity index (χ0v) is 15.8. The number of thioether (sulfide) groups is 1. The van der Waals surface area contributed by atoms with E-state index in [1.165, 1.54) is 23.7 Å². The molecule has 0 unspecified atom stereocenters. The van der Waals surface area contributed by atoms with Gasteiger partial charge >= 0.3 is 0 Å². The fourth-order valence-electron chi connectivity index (χ4n) is 1.69. The number of hydrogen-bond acceptors (Lipinski definition) is 6. The molecule has 0 fully saturated rings. The molecular formula is C15H14Cl2N4OS2. The van der Waals surface area contributed by atoms with Gasteiger partial charge in [-0.2, -0.15) is 0 Å². The molecule has 0 aliphatic rings. The van der Waals surface area contributed by atoms with Crippen molar-refractivity contribution in [2.75, 3.05) is 16.2 Å². The molecule has 2 aromatic rings. The number of benzene rings is 1. The Bertz CT molecular complexity index is 756. The number of anilines is 2. The van der Waals surface area contributed by atoms with Crippen molar-refractivity contribution >= 4 is 68.7 Å². The lowest BCUT2D eigenvalue weighted by atomic mass is 10.2. The van der Waals surface area contributed by atoms with Crippen molar-refractivity contribution in [1.82, 2.24) is 4.98 Å². The highest BCUT2D eigenvalue weighted by Crippen LogP contribution is 2.25. The summed E-state index contributed by atoms with van der Waals surface area (Å²) in [6, 6.07) is 8.54. The molecule has 0 radical (unpaired) electrons. The standard InChI is InChI=1S/C15H14Cl2N4OS2/c1-9(22)14-5-3-11(7-19-14)21(18)8-24-15(23)20-10-2-4-12(16)13(17)6-10/h2-7H,8,18H2,1H3,(H,20,23). The van der Waals surface area contributed by atoms with Crippen LogP contribution >= 0.6 is 47.2 Å². The van der Waals surface area contributed by atoms with Crippen LogP contribution in [-0.2, 0) is 0 Å². The minimum Gasteiger partial charge on any atom is -0.341 e. The number of hydrazine groups is 1. The molecular weight excluding hydrogens is 387 g/mol. The monoisotopic (exact) mass is 400 g/mol. The lowest BCUT2D eigenvalue weighted by Gasteiger charge is -2.18. The van der Waals surface area contributed by atoms with E-state index in [9.17, 15) is 4.79 Å². The Hall–Kier alpha value is -1.38. The normalized spacial score (nSPS) is 10.3. The Morgan fingerprint density at radius 3 is 2.67 bits per heavy atom. The number of thiocarbonyl (C=S) groups is 1. The van der Waals surface area contributed by atoms with Crippen LogP contribution in [-0.4, -0.2) is 21.0 Å². The third-order valence-corrected chi connectivity index (χ3v) is 4.91. The fourth-order valence-corrected chi connectivity index (χ4v) is 2.86. The number of carbonyl (C=O) groups excluding carboxylic acids is 1. The third-order valence-electron chi connectivity index (χ3n) is 2.94. The summed E-state index contributed by atoms with van der Waals surface area (Å²) in [5.74, 6) is 6.29. The van der Waals surface area contributed by atoms with Gasteiger partial charge in [-0.1, -0.05) is 47.2 Å². The first-order valence-corrected chi connectivity index (χ1v) is 8.90. The van der Waals surface area contributed by atoms with Crippen molar-refractivity contribution in [3.8, 4) is 0 Å². The molecule has 1 aromatic carbocycles. The maximum atomic E-state index is 11.2. The number of nitrogens with zero attached hydrogens (tertiary/aromatic N) is 2. The lowest BCUT2D eigenvalue weighted by Crippen LogP contribution is -2.31. The molecule has 0 amide bonds. The van der Waals surface area contributed by atoms with Crippen LogP contribution in [0.15, 0.2) is 36.5 Å². The number of hydrogen-bond donors (Lipinski definition) is 2. The molecule has 126 valence electrons. The van der Waals surface area contributed by atoms with Gasteiger partial charge in [-0.3, -0.25) is 14.8 Å². The molecule has 0 saturated heterocycles. The van der Waals surface area contributed by atoms with Crippen molar-refractivity contribution in [3.63, 3.8) is 0 Å². The summed E-state index contributed by atoms with van der Waals surface area (Å²) in [5, 5.41) is 5.47. The van der Waals surface area contributed by atoms with E-state index in [2.05, 4.69) is 10.3 Å². The van der Waals surface area contributed by atoms with Crippen LogP contribution in [0.4, 0.5) is 11.4 Å². The van der Waals surface area contributed by atoms with Crippen LogP contribution in [0, 0.1) is 0 Å². The molecule has 1 heterocycles. The number of aromatic nitrogens is 1. The van der Waals surface area contributed by atoms with Crippen molar-refractivity contribution in [2.24, 2.45) is 5.84 Å². The van der Waals surface area contributed by atoms with E-state index in [0.29, 0.717) is 31.6 Å². The maximum Gasteiger partial charge on any atom is 0.178 e. The summed E-state index contributed by atoms with van der Waals surface area (Å²) in [6.45, 7) is 1.46. The van der Waals surface area contributed by atoms with Gasteiger partial charge in [-0.25, -0.2) is 5.84 Å². The van der Waals surface area contributed by atoms with E-state index >= 15 is 0 Å². The number of ketones is 1. The Kier molecular flexibility index (Phi) is 6.82. The molecule has 0 atom stereocenters. The van der Waals surface area contributed by atoms with Crippen LogP contribution in [0.3, 0.4) is 0 Å². The Morgan fingerprint density at radius 1 is 1.33 bits per heavy atom. The Labute approximate surface area is 159 Å². The molecule has 2 rings (SSSR count). The van der Waals surface area contributed by atoms with Crippen molar-refractivity contribution < 1.29 is 4.79 Å². The van der Waals surface area contributed by atoms with Gasteiger partial charge in [-0.05, 0) is 30.3 Å².